The molecule has 15 nitrogen and oxygen atoms in total. The fraction of sp³-hybridized carbons (Fsp3) is 0.286. The zero-order valence-electron chi connectivity index (χ0n) is 22.9. The maximum atomic E-state index is 13.4. The molecule has 3 rings (SSSR count). The van der Waals surface area contributed by atoms with Crippen LogP contribution in [0.5, 0.6) is 5.75 Å². The van der Waals surface area contributed by atoms with Crippen molar-refractivity contribution in [3.05, 3.63) is 65.9 Å². The summed E-state index contributed by atoms with van der Waals surface area (Å²) in [6.45, 7) is 0. The third-order valence-corrected chi connectivity index (χ3v) is 6.52. The number of para-hydroxylation sites is 1. The molecule has 43 heavy (non-hydrogen) atoms. The zero-order valence-corrected chi connectivity index (χ0v) is 22.9. The van der Waals surface area contributed by atoms with E-state index in [4.69, 9.17) is 17.2 Å². The molecule has 3 aromatic rings. The lowest BCUT2D eigenvalue weighted by atomic mass is 10.0. The number of phenols is 1. The minimum atomic E-state index is -1.73. The van der Waals surface area contributed by atoms with Crippen LogP contribution in [-0.4, -0.2) is 74.9 Å². The maximum absolute atomic E-state index is 13.4. The highest BCUT2D eigenvalue weighted by Gasteiger charge is 2.32. The van der Waals surface area contributed by atoms with Gasteiger partial charge in [0.1, 0.15) is 23.9 Å². The van der Waals surface area contributed by atoms with Gasteiger partial charge in [0.15, 0.2) is 0 Å². The molecule has 1 aromatic heterocycles. The molecular formula is C28H33N7O8. The Bertz CT molecular complexity index is 1500. The Hall–Kier alpha value is -5.44. The van der Waals surface area contributed by atoms with Crippen LogP contribution in [0.4, 0.5) is 0 Å². The molecule has 0 saturated carbocycles. The van der Waals surface area contributed by atoms with Crippen LogP contribution in [0, 0.1) is 0 Å². The monoisotopic (exact) mass is 595 g/mol. The first-order valence-electron chi connectivity index (χ1n) is 13.1. The van der Waals surface area contributed by atoms with E-state index >= 15 is 0 Å². The van der Waals surface area contributed by atoms with Crippen LogP contribution in [0.15, 0.2) is 54.7 Å². The number of aromatic amines is 1. The normalized spacial score (nSPS) is 13.7. The number of carbonyl (C=O) groups excluding carboxylic acids is 5. The number of hydrogen-bond donors (Lipinski definition) is 9. The van der Waals surface area contributed by atoms with Crippen molar-refractivity contribution in [3.8, 4) is 5.75 Å². The summed E-state index contributed by atoms with van der Waals surface area (Å²) in [5.41, 5.74) is 18.6. The number of amides is 5. The first-order valence-corrected chi connectivity index (χ1v) is 13.1. The third kappa shape index (κ3) is 9.29. The summed E-state index contributed by atoms with van der Waals surface area (Å²) in [4.78, 5) is 76.9. The van der Waals surface area contributed by atoms with Gasteiger partial charge < -0.3 is 48.3 Å². The van der Waals surface area contributed by atoms with Crippen molar-refractivity contribution in [3.63, 3.8) is 0 Å². The summed E-state index contributed by atoms with van der Waals surface area (Å²) in [5, 5.41) is 26.7. The summed E-state index contributed by atoms with van der Waals surface area (Å²) in [6, 6.07) is 7.44. The van der Waals surface area contributed by atoms with Gasteiger partial charge >= 0.3 is 5.97 Å². The second kappa shape index (κ2) is 14.5. The van der Waals surface area contributed by atoms with Gasteiger partial charge in [-0.15, -0.1) is 0 Å². The van der Waals surface area contributed by atoms with Crippen LogP contribution in [0.25, 0.3) is 10.9 Å². The van der Waals surface area contributed by atoms with E-state index in [-0.39, 0.29) is 18.6 Å². The van der Waals surface area contributed by atoms with Crippen LogP contribution in [0.3, 0.4) is 0 Å². The van der Waals surface area contributed by atoms with Crippen LogP contribution in [0.1, 0.15) is 24.0 Å². The summed E-state index contributed by atoms with van der Waals surface area (Å²) >= 11 is 0. The third-order valence-electron chi connectivity index (χ3n) is 6.52. The Morgan fingerprint density at radius 1 is 0.744 bits per heavy atom. The van der Waals surface area contributed by atoms with Gasteiger partial charge in [0.25, 0.3) is 0 Å². The van der Waals surface area contributed by atoms with E-state index in [1.54, 1.807) is 6.20 Å². The molecule has 2 aromatic carbocycles. The van der Waals surface area contributed by atoms with Crippen LogP contribution in [0.2, 0.25) is 0 Å². The Morgan fingerprint density at radius 2 is 1.30 bits per heavy atom. The largest absolute Gasteiger partial charge is 0.508 e. The quantitative estimate of drug-likeness (QED) is 0.0964. The summed E-state index contributed by atoms with van der Waals surface area (Å²) in [5.74, 6) is -6.33. The minimum Gasteiger partial charge on any atom is -0.508 e. The fourth-order valence-corrected chi connectivity index (χ4v) is 4.34. The van der Waals surface area contributed by atoms with Crippen molar-refractivity contribution >= 4 is 46.4 Å². The summed E-state index contributed by atoms with van der Waals surface area (Å²) in [6.07, 6.45) is 0.287. The maximum Gasteiger partial charge on any atom is 0.326 e. The number of nitrogens with one attached hydrogen (secondary N) is 4. The molecule has 0 radical (unpaired) electrons. The highest BCUT2D eigenvalue weighted by atomic mass is 16.4. The molecule has 0 aliphatic heterocycles. The van der Waals surface area contributed by atoms with Crippen molar-refractivity contribution < 1.29 is 39.0 Å². The average molecular weight is 596 g/mol. The van der Waals surface area contributed by atoms with Gasteiger partial charge in [0.05, 0.1) is 18.9 Å². The summed E-state index contributed by atoms with van der Waals surface area (Å²) in [7, 11) is 0. The number of carbonyl (C=O) groups is 6. The summed E-state index contributed by atoms with van der Waals surface area (Å²) < 4.78 is 0. The molecule has 5 amide bonds. The van der Waals surface area contributed by atoms with Crippen molar-refractivity contribution in [2.24, 2.45) is 17.2 Å². The molecule has 12 N–H and O–H groups in total. The van der Waals surface area contributed by atoms with Crippen LogP contribution in [-0.2, 0) is 41.6 Å². The van der Waals surface area contributed by atoms with Crippen molar-refractivity contribution in [1.29, 1.82) is 0 Å². The molecule has 1 heterocycles. The second-order valence-electron chi connectivity index (χ2n) is 9.90. The number of aliphatic carboxylic acids is 1. The van der Waals surface area contributed by atoms with E-state index in [9.17, 15) is 39.0 Å². The van der Waals surface area contributed by atoms with Crippen LogP contribution >= 0.6 is 0 Å². The number of primary amides is 2. The van der Waals surface area contributed by atoms with E-state index in [0.717, 1.165) is 16.5 Å². The number of aromatic nitrogens is 1. The predicted molar refractivity (Wildman–Crippen MR) is 153 cm³/mol. The molecule has 0 aliphatic carbocycles. The van der Waals surface area contributed by atoms with Gasteiger partial charge in [0, 0.05) is 23.5 Å². The number of nitrogens with two attached hydrogens (primary N) is 3. The van der Waals surface area contributed by atoms with Gasteiger partial charge in [-0.2, -0.15) is 0 Å². The lowest BCUT2D eigenvalue weighted by Crippen LogP contribution is -2.58. The lowest BCUT2D eigenvalue weighted by molar-refractivity contribution is -0.144. The standard InChI is InChI=1S/C28H33N7O8/c29-18(10-15-13-32-19-4-2-1-3-17(15)19)25(39)33-20(9-14-5-7-16(36)8-6-14)26(40)34-21(11-23(30)37)27(41)35-22(28(42)43)12-24(31)38/h1-8,13,18,20-22,32,36H,9-12,29H2,(H2,30,37)(H2,31,38)(H,33,39)(H,34,40)(H,35,41)(H,42,43). The van der Waals surface area contributed by atoms with Gasteiger partial charge in [-0.3, -0.25) is 24.0 Å². The van der Waals surface area contributed by atoms with Crippen molar-refractivity contribution in [1.82, 2.24) is 20.9 Å². The SMILES string of the molecule is NC(=O)CC(NC(=O)C(CC(N)=O)NC(=O)C(Cc1ccc(O)cc1)NC(=O)C(N)Cc1c[nH]c2ccccc12)C(=O)O. The molecule has 0 fully saturated rings. The Morgan fingerprint density at radius 3 is 1.93 bits per heavy atom. The Kier molecular flexibility index (Phi) is 10.8. The predicted octanol–water partition coefficient (Wildman–Crippen LogP) is -1.72. The van der Waals surface area contributed by atoms with E-state index in [2.05, 4.69) is 20.9 Å². The average Bonchev–Trinajstić information content (AvgIpc) is 3.35. The number of H-pyrrole nitrogens is 1. The van der Waals surface area contributed by atoms with Gasteiger partial charge in [-0.05, 0) is 35.7 Å². The van der Waals surface area contributed by atoms with Gasteiger partial charge in [-0.25, -0.2) is 4.79 Å². The highest BCUT2D eigenvalue weighted by Crippen LogP contribution is 2.19. The second-order valence-corrected chi connectivity index (χ2v) is 9.90. The number of benzene rings is 2. The molecule has 228 valence electrons. The van der Waals surface area contributed by atoms with Gasteiger partial charge in [-0.1, -0.05) is 30.3 Å². The molecule has 4 atom stereocenters. The fourth-order valence-electron chi connectivity index (χ4n) is 4.34. The van der Waals surface area contributed by atoms with Crippen molar-refractivity contribution in [2.75, 3.05) is 0 Å². The lowest BCUT2D eigenvalue weighted by Gasteiger charge is -2.25. The number of phenolic OH excluding ortho intramolecular Hbond substituents is 1. The smallest absolute Gasteiger partial charge is 0.326 e. The molecule has 0 aliphatic rings. The molecular weight excluding hydrogens is 562 g/mol. The first kappa shape index (κ1) is 32.1. The highest BCUT2D eigenvalue weighted by molar-refractivity contribution is 5.97. The molecule has 15 heteroatoms. The molecule has 0 bridgehead atoms. The number of carboxylic acid groups (broad SMARTS) is 1. The number of carboxylic acids is 1. The first-order chi connectivity index (χ1) is 20.3. The Balaban J connectivity index is 1.80. The zero-order chi connectivity index (χ0) is 31.7. The number of hydrogen-bond acceptors (Lipinski definition) is 8. The van der Waals surface area contributed by atoms with E-state index in [0.29, 0.717) is 5.56 Å². The Labute approximate surface area is 245 Å². The molecule has 4 unspecified atom stereocenters. The molecule has 0 saturated heterocycles. The number of fused-ring (bicyclic) bond motifs is 1. The van der Waals surface area contributed by atoms with Gasteiger partial charge in [0.2, 0.25) is 29.5 Å². The van der Waals surface area contributed by atoms with E-state index in [1.807, 2.05) is 24.3 Å². The molecule has 0 spiro atoms. The minimum absolute atomic E-state index is 0.0309. The van der Waals surface area contributed by atoms with Crippen molar-refractivity contribution in [2.45, 2.75) is 49.9 Å². The number of rotatable bonds is 15. The topological polar surface area (TPSA) is 273 Å². The van der Waals surface area contributed by atoms with E-state index in [1.165, 1.54) is 24.3 Å². The van der Waals surface area contributed by atoms with E-state index < -0.39 is 72.5 Å². The van der Waals surface area contributed by atoms with Crippen LogP contribution < -0.4 is 33.2 Å². The number of aromatic hydroxyl groups is 1.